The van der Waals surface area contributed by atoms with Gasteiger partial charge in [0.25, 0.3) is 11.8 Å². The molecule has 0 spiro atoms. The molecular weight excluding hydrogens is 302 g/mol. The average Bonchev–Trinajstić information content (AvgIpc) is 3.15. The van der Waals surface area contributed by atoms with Crippen molar-refractivity contribution in [3.63, 3.8) is 0 Å². The molecule has 22 heavy (non-hydrogen) atoms. The van der Waals surface area contributed by atoms with E-state index in [0.29, 0.717) is 16.5 Å². The summed E-state index contributed by atoms with van der Waals surface area (Å²) in [6.45, 7) is 3.97. The first-order valence-corrected chi connectivity index (χ1v) is 7.39. The van der Waals surface area contributed by atoms with Gasteiger partial charge in [-0.1, -0.05) is 0 Å². The number of aryl methyl sites for hydroxylation is 2. The Hall–Kier alpha value is -2.61. The SMILES string of the molecule is Cc1cnc(-c2nnc(CNC(=O)c3ccc(C)s3)o2)cn1. The molecule has 112 valence electrons. The van der Waals surface area contributed by atoms with Crippen LogP contribution in [-0.4, -0.2) is 26.1 Å². The van der Waals surface area contributed by atoms with Crippen LogP contribution in [0.15, 0.2) is 28.9 Å². The van der Waals surface area contributed by atoms with Crippen LogP contribution in [0.5, 0.6) is 0 Å². The van der Waals surface area contributed by atoms with Gasteiger partial charge in [0.15, 0.2) is 0 Å². The molecule has 0 radical (unpaired) electrons. The largest absolute Gasteiger partial charge is 0.417 e. The molecule has 0 atom stereocenters. The fraction of sp³-hybridized carbons (Fsp3) is 0.214. The molecule has 0 aliphatic carbocycles. The van der Waals surface area contributed by atoms with Crippen molar-refractivity contribution < 1.29 is 9.21 Å². The number of rotatable bonds is 4. The van der Waals surface area contributed by atoms with Gasteiger partial charge in [-0.05, 0) is 26.0 Å². The van der Waals surface area contributed by atoms with Crippen LogP contribution in [0.1, 0.15) is 26.1 Å². The van der Waals surface area contributed by atoms with Crippen LogP contribution in [-0.2, 0) is 6.54 Å². The summed E-state index contributed by atoms with van der Waals surface area (Å²) in [5.41, 5.74) is 1.31. The second kappa shape index (κ2) is 6.02. The second-order valence-corrected chi connectivity index (χ2v) is 5.92. The van der Waals surface area contributed by atoms with Crippen molar-refractivity contribution in [3.05, 3.63) is 45.9 Å². The molecule has 3 aromatic heterocycles. The lowest BCUT2D eigenvalue weighted by Gasteiger charge is -1.99. The lowest BCUT2D eigenvalue weighted by Crippen LogP contribution is -2.21. The van der Waals surface area contributed by atoms with Crippen LogP contribution in [0.25, 0.3) is 11.6 Å². The molecule has 8 heteroatoms. The van der Waals surface area contributed by atoms with Gasteiger partial charge < -0.3 is 9.73 Å². The molecule has 0 aliphatic rings. The number of amides is 1. The molecule has 3 aromatic rings. The van der Waals surface area contributed by atoms with Crippen molar-refractivity contribution >= 4 is 17.2 Å². The monoisotopic (exact) mass is 315 g/mol. The highest BCUT2D eigenvalue weighted by Gasteiger charge is 2.12. The summed E-state index contributed by atoms with van der Waals surface area (Å²) in [4.78, 5) is 22.0. The molecule has 1 N–H and O–H groups in total. The van der Waals surface area contributed by atoms with Crippen LogP contribution in [0.2, 0.25) is 0 Å². The van der Waals surface area contributed by atoms with Gasteiger partial charge in [0.05, 0.1) is 23.3 Å². The van der Waals surface area contributed by atoms with E-state index in [1.165, 1.54) is 11.3 Å². The highest BCUT2D eigenvalue weighted by molar-refractivity contribution is 7.13. The van der Waals surface area contributed by atoms with E-state index in [1.54, 1.807) is 18.5 Å². The summed E-state index contributed by atoms with van der Waals surface area (Å²) in [7, 11) is 0. The molecule has 0 aliphatic heterocycles. The highest BCUT2D eigenvalue weighted by atomic mass is 32.1. The number of thiophene rings is 1. The first-order valence-electron chi connectivity index (χ1n) is 6.58. The normalized spacial score (nSPS) is 10.6. The molecule has 1 amide bonds. The molecule has 3 heterocycles. The summed E-state index contributed by atoms with van der Waals surface area (Å²) in [6.07, 6.45) is 3.19. The quantitative estimate of drug-likeness (QED) is 0.792. The van der Waals surface area contributed by atoms with Crippen molar-refractivity contribution in [1.82, 2.24) is 25.5 Å². The van der Waals surface area contributed by atoms with Crippen molar-refractivity contribution in [2.24, 2.45) is 0 Å². The summed E-state index contributed by atoms with van der Waals surface area (Å²) < 4.78 is 5.47. The Morgan fingerprint density at radius 1 is 1.23 bits per heavy atom. The summed E-state index contributed by atoms with van der Waals surface area (Å²) >= 11 is 1.44. The summed E-state index contributed by atoms with van der Waals surface area (Å²) in [5, 5.41) is 10.5. The molecule has 0 saturated heterocycles. The van der Waals surface area contributed by atoms with E-state index in [4.69, 9.17) is 4.42 Å². The summed E-state index contributed by atoms with van der Waals surface area (Å²) in [5.74, 6) is 0.440. The van der Waals surface area contributed by atoms with E-state index >= 15 is 0 Å². The van der Waals surface area contributed by atoms with Gasteiger partial charge in [-0.25, -0.2) is 4.98 Å². The van der Waals surface area contributed by atoms with Crippen LogP contribution < -0.4 is 5.32 Å². The highest BCUT2D eigenvalue weighted by Crippen LogP contribution is 2.16. The Morgan fingerprint density at radius 2 is 2.09 bits per heavy atom. The summed E-state index contributed by atoms with van der Waals surface area (Å²) in [6, 6.07) is 3.69. The van der Waals surface area contributed by atoms with Crippen LogP contribution in [0, 0.1) is 13.8 Å². The third-order valence-corrected chi connectivity index (χ3v) is 3.83. The van der Waals surface area contributed by atoms with E-state index in [1.807, 2.05) is 19.9 Å². The first kappa shape index (κ1) is 14.3. The number of nitrogens with zero attached hydrogens (tertiary/aromatic N) is 4. The number of aromatic nitrogens is 4. The maximum Gasteiger partial charge on any atom is 0.267 e. The molecular formula is C14H13N5O2S. The fourth-order valence-electron chi connectivity index (χ4n) is 1.73. The van der Waals surface area contributed by atoms with E-state index in [0.717, 1.165) is 10.6 Å². The van der Waals surface area contributed by atoms with Gasteiger partial charge in [0.1, 0.15) is 5.69 Å². The lowest BCUT2D eigenvalue weighted by molar-refractivity contribution is 0.0951. The maximum absolute atomic E-state index is 11.9. The van der Waals surface area contributed by atoms with Crippen molar-refractivity contribution in [3.8, 4) is 11.6 Å². The maximum atomic E-state index is 11.9. The minimum Gasteiger partial charge on any atom is -0.417 e. The third-order valence-electron chi connectivity index (χ3n) is 2.83. The van der Waals surface area contributed by atoms with Gasteiger partial charge in [0.2, 0.25) is 5.89 Å². The fourth-order valence-corrected chi connectivity index (χ4v) is 2.52. The Bertz CT molecular complexity index is 794. The van der Waals surface area contributed by atoms with E-state index < -0.39 is 0 Å². The second-order valence-electron chi connectivity index (χ2n) is 4.64. The average molecular weight is 315 g/mol. The number of carbonyl (C=O) groups is 1. The van der Waals surface area contributed by atoms with Crippen molar-refractivity contribution in [2.45, 2.75) is 20.4 Å². The minimum absolute atomic E-state index is 0.159. The van der Waals surface area contributed by atoms with Crippen LogP contribution in [0.4, 0.5) is 0 Å². The zero-order valence-corrected chi connectivity index (χ0v) is 12.8. The third kappa shape index (κ3) is 3.17. The van der Waals surface area contributed by atoms with Crippen molar-refractivity contribution in [1.29, 1.82) is 0 Å². The van der Waals surface area contributed by atoms with Crippen LogP contribution in [0.3, 0.4) is 0 Å². The topological polar surface area (TPSA) is 93.8 Å². The first-order chi connectivity index (χ1) is 10.6. The Kier molecular flexibility index (Phi) is 3.92. The molecule has 0 saturated carbocycles. The Morgan fingerprint density at radius 3 is 2.77 bits per heavy atom. The number of hydrogen-bond donors (Lipinski definition) is 1. The predicted molar refractivity (Wildman–Crippen MR) is 80.3 cm³/mol. The molecule has 0 unspecified atom stereocenters. The molecule has 0 fully saturated rings. The predicted octanol–water partition coefficient (Wildman–Crippen LogP) is 2.13. The van der Waals surface area contributed by atoms with Gasteiger partial charge in [-0.15, -0.1) is 21.5 Å². The van der Waals surface area contributed by atoms with E-state index in [2.05, 4.69) is 25.5 Å². The minimum atomic E-state index is -0.159. The number of carbonyl (C=O) groups excluding carboxylic acids is 1. The van der Waals surface area contributed by atoms with E-state index in [-0.39, 0.29) is 18.3 Å². The van der Waals surface area contributed by atoms with Gasteiger partial charge in [0, 0.05) is 11.1 Å². The van der Waals surface area contributed by atoms with Gasteiger partial charge >= 0.3 is 0 Å². The standard InChI is InChI=1S/C14H13N5O2S/c1-8-5-16-10(6-15-8)14-19-18-12(21-14)7-17-13(20)11-4-3-9(2)22-11/h3-6H,7H2,1-2H3,(H,17,20). The van der Waals surface area contributed by atoms with Gasteiger partial charge in [-0.2, -0.15) is 0 Å². The zero-order valence-electron chi connectivity index (χ0n) is 12.0. The van der Waals surface area contributed by atoms with E-state index in [9.17, 15) is 4.79 Å². The molecule has 0 aromatic carbocycles. The lowest BCUT2D eigenvalue weighted by atomic mass is 10.4. The smallest absolute Gasteiger partial charge is 0.267 e. The van der Waals surface area contributed by atoms with Gasteiger partial charge in [-0.3, -0.25) is 9.78 Å². The molecule has 3 rings (SSSR count). The number of nitrogens with one attached hydrogen (secondary N) is 1. The number of hydrogen-bond acceptors (Lipinski definition) is 7. The Labute approximate surface area is 130 Å². The Balaban J connectivity index is 1.64. The molecule has 0 bridgehead atoms. The zero-order chi connectivity index (χ0) is 15.5. The van der Waals surface area contributed by atoms with Crippen molar-refractivity contribution in [2.75, 3.05) is 0 Å². The molecule has 7 nitrogen and oxygen atoms in total. The van der Waals surface area contributed by atoms with Crippen LogP contribution >= 0.6 is 11.3 Å².